The normalized spacial score (nSPS) is 19.7. The van der Waals surface area contributed by atoms with Crippen molar-refractivity contribution in [1.29, 1.82) is 0 Å². The second-order valence-corrected chi connectivity index (χ2v) is 11.6. The van der Waals surface area contributed by atoms with Gasteiger partial charge in [0.05, 0.1) is 22.3 Å². The molecule has 1 N–H and O–H groups in total. The third-order valence-corrected chi connectivity index (χ3v) is 8.60. The molecule has 0 bridgehead atoms. The van der Waals surface area contributed by atoms with Gasteiger partial charge in [0.1, 0.15) is 0 Å². The molecule has 2 atom stereocenters. The Morgan fingerprint density at radius 3 is 2.16 bits per heavy atom. The van der Waals surface area contributed by atoms with Gasteiger partial charge in [0.25, 0.3) is 0 Å². The zero-order valence-electron chi connectivity index (χ0n) is 17.9. The molecule has 1 amide bonds. The zero-order valence-corrected chi connectivity index (χ0v) is 19.6. The average Bonchev–Trinajstić information content (AvgIpc) is 2.90. The van der Waals surface area contributed by atoms with Crippen LogP contribution in [0.4, 0.5) is 5.69 Å². The lowest BCUT2D eigenvalue weighted by atomic mass is 10.0. The Morgan fingerprint density at radius 1 is 1.10 bits per heavy atom. The van der Waals surface area contributed by atoms with E-state index in [9.17, 15) is 21.6 Å². The van der Waals surface area contributed by atoms with Gasteiger partial charge in [-0.25, -0.2) is 25.9 Å². The van der Waals surface area contributed by atoms with Crippen molar-refractivity contribution in [2.24, 2.45) is 5.92 Å². The van der Waals surface area contributed by atoms with Crippen LogP contribution in [0.25, 0.3) is 0 Å². The van der Waals surface area contributed by atoms with Crippen LogP contribution in [0.3, 0.4) is 0 Å². The molecule has 2 unspecified atom stereocenters. The fraction of sp³-hybridized carbons (Fsp3) is 0.381. The molecule has 2 aromatic carbocycles. The molecule has 0 spiro atoms. The van der Waals surface area contributed by atoms with Gasteiger partial charge in [-0.05, 0) is 50.8 Å². The van der Waals surface area contributed by atoms with Gasteiger partial charge >= 0.3 is 0 Å². The molecular formula is C21H27N3O5S2. The van der Waals surface area contributed by atoms with Crippen LogP contribution < -0.4 is 9.03 Å². The van der Waals surface area contributed by atoms with E-state index < -0.39 is 31.9 Å². The van der Waals surface area contributed by atoms with Crippen LogP contribution in [0, 0.1) is 12.8 Å². The molecule has 1 aliphatic heterocycles. The SMILES string of the molecule is Cc1ccc(C(CNS(=O)(=O)c2ccc(N3C(=O)C(C)CS3(=O)=O)cc2)N(C)C)cc1. The van der Waals surface area contributed by atoms with Gasteiger partial charge in [-0.15, -0.1) is 0 Å². The number of likely N-dealkylation sites (N-methyl/N-ethyl adjacent to an activating group) is 1. The van der Waals surface area contributed by atoms with Gasteiger partial charge in [-0.3, -0.25) is 4.79 Å². The lowest BCUT2D eigenvalue weighted by Crippen LogP contribution is -2.34. The number of nitrogens with one attached hydrogen (secondary N) is 1. The third-order valence-electron chi connectivity index (χ3n) is 5.29. The highest BCUT2D eigenvalue weighted by Crippen LogP contribution is 2.29. The fourth-order valence-electron chi connectivity index (χ4n) is 3.51. The smallest absolute Gasteiger partial charge is 0.244 e. The first-order valence-electron chi connectivity index (χ1n) is 9.82. The van der Waals surface area contributed by atoms with E-state index >= 15 is 0 Å². The van der Waals surface area contributed by atoms with Crippen molar-refractivity contribution >= 4 is 31.6 Å². The molecule has 0 saturated carbocycles. The van der Waals surface area contributed by atoms with E-state index in [2.05, 4.69) is 4.72 Å². The second kappa shape index (κ2) is 8.70. The summed E-state index contributed by atoms with van der Waals surface area (Å²) in [6, 6.07) is 13.0. The van der Waals surface area contributed by atoms with E-state index in [4.69, 9.17) is 0 Å². The first-order valence-corrected chi connectivity index (χ1v) is 12.9. The van der Waals surface area contributed by atoms with Crippen LogP contribution in [0.15, 0.2) is 53.4 Å². The maximum atomic E-state index is 12.8. The van der Waals surface area contributed by atoms with Gasteiger partial charge in [-0.2, -0.15) is 0 Å². The minimum Gasteiger partial charge on any atom is -0.301 e. The van der Waals surface area contributed by atoms with E-state index in [1.165, 1.54) is 24.3 Å². The van der Waals surface area contributed by atoms with Crippen molar-refractivity contribution in [1.82, 2.24) is 9.62 Å². The largest absolute Gasteiger partial charge is 0.301 e. The van der Waals surface area contributed by atoms with Crippen LogP contribution in [-0.4, -0.2) is 54.0 Å². The first kappa shape index (κ1) is 23.4. The van der Waals surface area contributed by atoms with E-state index in [0.29, 0.717) is 0 Å². The Morgan fingerprint density at radius 2 is 1.68 bits per heavy atom. The highest BCUT2D eigenvalue weighted by molar-refractivity contribution is 7.94. The number of nitrogens with zero attached hydrogens (tertiary/aromatic N) is 2. The third kappa shape index (κ3) is 4.98. The molecule has 0 radical (unpaired) electrons. The van der Waals surface area contributed by atoms with Gasteiger partial charge in [-0.1, -0.05) is 36.8 Å². The number of amides is 1. The number of hydrogen-bond donors (Lipinski definition) is 1. The summed E-state index contributed by atoms with van der Waals surface area (Å²) < 4.78 is 53.4. The number of hydrogen-bond acceptors (Lipinski definition) is 6. The number of anilines is 1. The fourth-order valence-corrected chi connectivity index (χ4v) is 6.37. The average molecular weight is 466 g/mol. The minimum atomic E-state index is -3.83. The Bertz CT molecular complexity index is 1160. The lowest BCUT2D eigenvalue weighted by molar-refractivity contribution is -0.119. The molecule has 31 heavy (non-hydrogen) atoms. The number of aryl methyl sites for hydroxylation is 1. The molecule has 1 fully saturated rings. The minimum absolute atomic E-state index is 0.00486. The zero-order chi connectivity index (χ0) is 23.0. The van der Waals surface area contributed by atoms with E-state index in [0.717, 1.165) is 15.4 Å². The predicted molar refractivity (Wildman–Crippen MR) is 120 cm³/mol. The first-order chi connectivity index (χ1) is 14.4. The summed E-state index contributed by atoms with van der Waals surface area (Å²) in [5.74, 6) is -1.39. The Hall–Kier alpha value is -2.27. The standard InChI is InChI=1S/C21H27N3O5S2/c1-15-5-7-17(8-6-15)20(23(3)4)13-22-31(28,29)19-11-9-18(10-12-19)24-21(25)16(2)14-30(24,26)27/h5-12,16,20,22H,13-14H2,1-4H3. The van der Waals surface area contributed by atoms with Crippen LogP contribution >= 0.6 is 0 Å². The quantitative estimate of drug-likeness (QED) is 0.670. The van der Waals surface area contributed by atoms with E-state index in [1.807, 2.05) is 50.2 Å². The summed E-state index contributed by atoms with van der Waals surface area (Å²) >= 11 is 0. The van der Waals surface area contributed by atoms with Gasteiger partial charge in [0.2, 0.25) is 26.0 Å². The summed E-state index contributed by atoms with van der Waals surface area (Å²) in [7, 11) is -3.81. The van der Waals surface area contributed by atoms with Crippen molar-refractivity contribution in [3.63, 3.8) is 0 Å². The topological polar surface area (TPSA) is 104 Å². The molecule has 0 aliphatic carbocycles. The molecule has 1 saturated heterocycles. The number of carbonyl (C=O) groups is 1. The van der Waals surface area contributed by atoms with Gasteiger partial charge < -0.3 is 4.90 Å². The maximum absolute atomic E-state index is 12.8. The van der Waals surface area contributed by atoms with Gasteiger partial charge in [0, 0.05) is 12.6 Å². The highest BCUT2D eigenvalue weighted by Gasteiger charge is 2.42. The molecule has 1 aliphatic rings. The van der Waals surface area contributed by atoms with Crippen molar-refractivity contribution in [3.8, 4) is 0 Å². The monoisotopic (exact) mass is 465 g/mol. The van der Waals surface area contributed by atoms with Crippen LogP contribution in [0.5, 0.6) is 0 Å². The molecule has 3 rings (SSSR count). The van der Waals surface area contributed by atoms with Crippen molar-refractivity contribution in [2.75, 3.05) is 30.7 Å². The molecule has 10 heteroatoms. The molecule has 2 aromatic rings. The van der Waals surface area contributed by atoms with Crippen molar-refractivity contribution in [2.45, 2.75) is 24.8 Å². The van der Waals surface area contributed by atoms with Gasteiger partial charge in [0.15, 0.2) is 0 Å². The number of rotatable bonds is 7. The second-order valence-electron chi connectivity index (χ2n) is 8.02. The molecule has 0 aromatic heterocycles. The number of benzene rings is 2. The Labute approximate surface area is 184 Å². The summed E-state index contributed by atoms with van der Waals surface area (Å²) in [5, 5.41) is 0. The summed E-state index contributed by atoms with van der Waals surface area (Å²) in [5.41, 5.74) is 2.24. The predicted octanol–water partition coefficient (Wildman–Crippen LogP) is 1.89. The molecule has 1 heterocycles. The molecule has 168 valence electrons. The van der Waals surface area contributed by atoms with Crippen LogP contribution in [-0.2, 0) is 24.8 Å². The highest BCUT2D eigenvalue weighted by atomic mass is 32.2. The summed E-state index contributed by atoms with van der Waals surface area (Å²) in [4.78, 5) is 14.1. The van der Waals surface area contributed by atoms with Crippen LogP contribution in [0.1, 0.15) is 24.1 Å². The lowest BCUT2D eigenvalue weighted by Gasteiger charge is -2.25. The van der Waals surface area contributed by atoms with Crippen molar-refractivity contribution < 1.29 is 21.6 Å². The maximum Gasteiger partial charge on any atom is 0.244 e. The molecular weight excluding hydrogens is 438 g/mol. The Balaban J connectivity index is 1.77. The molecule has 8 nitrogen and oxygen atoms in total. The van der Waals surface area contributed by atoms with E-state index in [1.54, 1.807) is 6.92 Å². The van der Waals surface area contributed by atoms with Crippen LogP contribution in [0.2, 0.25) is 0 Å². The van der Waals surface area contributed by atoms with Crippen molar-refractivity contribution in [3.05, 3.63) is 59.7 Å². The summed E-state index contributed by atoms with van der Waals surface area (Å²) in [6.07, 6.45) is 0. The van der Waals surface area contributed by atoms with E-state index in [-0.39, 0.29) is 28.9 Å². The summed E-state index contributed by atoms with van der Waals surface area (Å²) in [6.45, 7) is 3.71. The number of carbonyl (C=O) groups excluding carboxylic acids is 1. The Kier molecular flexibility index (Phi) is 6.56. The number of sulfonamides is 2.